The second kappa shape index (κ2) is 4.01. The topological polar surface area (TPSA) is 64.9 Å². The zero-order valence-corrected chi connectivity index (χ0v) is 7.98. The van der Waals surface area contributed by atoms with Crippen molar-refractivity contribution in [2.45, 2.75) is 6.10 Å². The molecule has 16 heavy (non-hydrogen) atoms. The lowest BCUT2D eigenvalue weighted by atomic mass is 10.2. The van der Waals surface area contributed by atoms with Gasteiger partial charge in [-0.3, -0.25) is 10.1 Å². The maximum atomic E-state index is 13.2. The van der Waals surface area contributed by atoms with Gasteiger partial charge in [-0.2, -0.15) is 4.39 Å². The second-order valence-corrected chi connectivity index (χ2v) is 3.23. The average molecular weight is 231 g/mol. The zero-order valence-electron chi connectivity index (χ0n) is 7.98. The lowest BCUT2D eigenvalue weighted by Crippen LogP contribution is -2.08. The molecule has 0 saturated carbocycles. The van der Waals surface area contributed by atoms with Crippen LogP contribution in [0.4, 0.5) is 14.5 Å². The summed E-state index contributed by atoms with van der Waals surface area (Å²) in [6.07, 6.45) is -0.192. The van der Waals surface area contributed by atoms with Crippen molar-refractivity contribution in [3.8, 4) is 5.75 Å². The Morgan fingerprint density at radius 3 is 2.81 bits per heavy atom. The van der Waals surface area contributed by atoms with Crippen LogP contribution in [0.1, 0.15) is 0 Å². The van der Waals surface area contributed by atoms with Gasteiger partial charge in [0.25, 0.3) is 0 Å². The molecule has 0 spiro atoms. The van der Waals surface area contributed by atoms with Crippen molar-refractivity contribution < 1.29 is 23.2 Å². The fourth-order valence-electron chi connectivity index (χ4n) is 1.14. The molecule has 7 heteroatoms. The molecule has 5 nitrogen and oxygen atoms in total. The highest BCUT2D eigenvalue weighted by atomic mass is 19.2. The predicted molar refractivity (Wildman–Crippen MR) is 48.2 cm³/mol. The summed E-state index contributed by atoms with van der Waals surface area (Å²) in [4.78, 5) is 9.72. The van der Waals surface area contributed by atoms with E-state index in [-0.39, 0.29) is 12.7 Å². The van der Waals surface area contributed by atoms with Gasteiger partial charge in [0.1, 0.15) is 12.7 Å². The molecule has 0 bridgehead atoms. The maximum Gasteiger partial charge on any atom is 0.314 e. The third-order valence-corrected chi connectivity index (χ3v) is 2.04. The van der Waals surface area contributed by atoms with E-state index >= 15 is 0 Å². The van der Waals surface area contributed by atoms with Gasteiger partial charge >= 0.3 is 5.69 Å². The summed E-state index contributed by atoms with van der Waals surface area (Å²) in [6.45, 7) is 0.436. The number of nitro groups is 1. The van der Waals surface area contributed by atoms with Crippen molar-refractivity contribution in [2.24, 2.45) is 0 Å². The molecule has 1 aliphatic rings. The Labute approximate surface area is 88.7 Å². The van der Waals surface area contributed by atoms with Gasteiger partial charge in [-0.05, 0) is 6.07 Å². The van der Waals surface area contributed by atoms with Crippen LogP contribution in [-0.4, -0.2) is 24.2 Å². The monoisotopic (exact) mass is 231 g/mol. The first kappa shape index (κ1) is 10.7. The van der Waals surface area contributed by atoms with Crippen LogP contribution in [0.2, 0.25) is 0 Å². The molecule has 1 aliphatic heterocycles. The lowest BCUT2D eigenvalue weighted by Gasteiger charge is -2.06. The number of halogens is 2. The van der Waals surface area contributed by atoms with E-state index in [1.54, 1.807) is 0 Å². The predicted octanol–water partition coefficient (Wildman–Crippen LogP) is 1.65. The highest BCUT2D eigenvalue weighted by Gasteiger charge is 2.28. The third kappa shape index (κ3) is 2.08. The smallest absolute Gasteiger partial charge is 0.314 e. The number of nitro benzene ring substituents is 1. The van der Waals surface area contributed by atoms with E-state index in [2.05, 4.69) is 0 Å². The van der Waals surface area contributed by atoms with Crippen LogP contribution in [0.5, 0.6) is 5.75 Å². The van der Waals surface area contributed by atoms with Crippen LogP contribution in [-0.2, 0) is 4.74 Å². The van der Waals surface area contributed by atoms with Crippen LogP contribution in [0.25, 0.3) is 0 Å². The molecule has 0 radical (unpaired) electrons. The number of hydrogen-bond acceptors (Lipinski definition) is 4. The first-order valence-electron chi connectivity index (χ1n) is 4.46. The summed E-state index contributed by atoms with van der Waals surface area (Å²) in [7, 11) is 0. The molecule has 0 amide bonds. The summed E-state index contributed by atoms with van der Waals surface area (Å²) in [6, 6.07) is 1.55. The van der Waals surface area contributed by atoms with E-state index in [1.165, 1.54) is 0 Å². The number of rotatable bonds is 4. The summed E-state index contributed by atoms with van der Waals surface area (Å²) in [5.41, 5.74) is -0.598. The molecule has 1 fully saturated rings. The standard InChI is InChI=1S/C9H7F2NO4/c10-6-1-2-7(12(13)14)9(8(6)11)16-4-5-3-15-5/h1-2,5H,3-4H2/t5-/m0/s1. The molecule has 1 atom stereocenters. The highest BCUT2D eigenvalue weighted by molar-refractivity contribution is 5.47. The number of ether oxygens (including phenoxy) is 2. The fraction of sp³-hybridized carbons (Fsp3) is 0.333. The van der Waals surface area contributed by atoms with E-state index in [0.29, 0.717) is 12.7 Å². The molecule has 1 heterocycles. The first-order chi connectivity index (χ1) is 7.59. The average Bonchev–Trinajstić information content (AvgIpc) is 3.03. The van der Waals surface area contributed by atoms with Gasteiger partial charge in [-0.1, -0.05) is 0 Å². The maximum absolute atomic E-state index is 13.2. The molecule has 2 rings (SSSR count). The van der Waals surface area contributed by atoms with Crippen molar-refractivity contribution in [1.29, 1.82) is 0 Å². The summed E-state index contributed by atoms with van der Waals surface area (Å²) < 4.78 is 35.7. The molecular weight excluding hydrogens is 224 g/mol. The summed E-state index contributed by atoms with van der Waals surface area (Å²) in [5.74, 6) is -3.22. The van der Waals surface area contributed by atoms with Crippen molar-refractivity contribution in [3.05, 3.63) is 33.9 Å². The Balaban J connectivity index is 2.28. The van der Waals surface area contributed by atoms with E-state index in [0.717, 1.165) is 6.07 Å². The fourth-order valence-corrected chi connectivity index (χ4v) is 1.14. The van der Waals surface area contributed by atoms with E-state index < -0.39 is 28.0 Å². The van der Waals surface area contributed by atoms with Crippen LogP contribution < -0.4 is 4.74 Å². The van der Waals surface area contributed by atoms with E-state index in [1.807, 2.05) is 0 Å². The van der Waals surface area contributed by atoms with Crippen LogP contribution in [0, 0.1) is 21.7 Å². The SMILES string of the molecule is O=[N+]([O-])c1ccc(F)c(F)c1OC[C@@H]1CO1. The van der Waals surface area contributed by atoms with E-state index in [9.17, 15) is 18.9 Å². The minimum Gasteiger partial charge on any atom is -0.482 e. The van der Waals surface area contributed by atoms with Gasteiger partial charge in [-0.25, -0.2) is 4.39 Å². The first-order valence-corrected chi connectivity index (χ1v) is 4.46. The molecule has 86 valence electrons. The van der Waals surface area contributed by atoms with E-state index in [4.69, 9.17) is 9.47 Å². The third-order valence-electron chi connectivity index (χ3n) is 2.04. The van der Waals surface area contributed by atoms with Crippen molar-refractivity contribution in [1.82, 2.24) is 0 Å². The molecule has 0 unspecified atom stereocenters. The van der Waals surface area contributed by atoms with Crippen molar-refractivity contribution >= 4 is 5.69 Å². The molecule has 0 aromatic heterocycles. The quantitative estimate of drug-likeness (QED) is 0.449. The minimum atomic E-state index is -1.35. The lowest BCUT2D eigenvalue weighted by molar-refractivity contribution is -0.386. The Morgan fingerprint density at radius 2 is 2.25 bits per heavy atom. The molecule has 0 N–H and O–H groups in total. The second-order valence-electron chi connectivity index (χ2n) is 3.23. The Kier molecular flexibility index (Phi) is 2.69. The molecule has 0 aliphatic carbocycles. The number of benzene rings is 1. The van der Waals surface area contributed by atoms with Crippen LogP contribution >= 0.6 is 0 Å². The molecule has 1 aromatic rings. The highest BCUT2D eigenvalue weighted by Crippen LogP contribution is 2.32. The molecular formula is C9H7F2NO4. The number of nitrogens with zero attached hydrogens (tertiary/aromatic N) is 1. The van der Waals surface area contributed by atoms with Crippen LogP contribution in [0.3, 0.4) is 0 Å². The van der Waals surface area contributed by atoms with Crippen LogP contribution in [0.15, 0.2) is 12.1 Å². The van der Waals surface area contributed by atoms with Gasteiger partial charge in [0.05, 0.1) is 11.5 Å². The Bertz CT molecular complexity index is 434. The van der Waals surface area contributed by atoms with Gasteiger partial charge < -0.3 is 9.47 Å². The zero-order chi connectivity index (χ0) is 11.7. The van der Waals surface area contributed by atoms with Gasteiger partial charge in [0.2, 0.25) is 11.6 Å². The summed E-state index contributed by atoms with van der Waals surface area (Å²) >= 11 is 0. The Hall–Kier alpha value is -1.76. The van der Waals surface area contributed by atoms with Gasteiger partial charge in [0, 0.05) is 6.07 Å². The number of epoxide rings is 1. The molecule has 1 aromatic carbocycles. The van der Waals surface area contributed by atoms with Gasteiger partial charge in [0.15, 0.2) is 5.82 Å². The van der Waals surface area contributed by atoms with Crippen molar-refractivity contribution in [2.75, 3.05) is 13.2 Å². The minimum absolute atomic E-state index is 0.0266. The normalized spacial score (nSPS) is 18.2. The molecule has 1 saturated heterocycles. The Morgan fingerprint density at radius 1 is 1.56 bits per heavy atom. The number of hydrogen-bond donors (Lipinski definition) is 0. The summed E-state index contributed by atoms with van der Waals surface area (Å²) in [5, 5.41) is 10.6. The van der Waals surface area contributed by atoms with Crippen molar-refractivity contribution in [3.63, 3.8) is 0 Å². The van der Waals surface area contributed by atoms with Gasteiger partial charge in [-0.15, -0.1) is 0 Å². The largest absolute Gasteiger partial charge is 0.482 e.